The van der Waals surface area contributed by atoms with Crippen molar-refractivity contribution in [2.24, 2.45) is 5.92 Å². The average Bonchev–Trinajstić information content (AvgIpc) is 2.89. The Morgan fingerprint density at radius 1 is 1.29 bits per heavy atom. The van der Waals surface area contributed by atoms with Gasteiger partial charge < -0.3 is 10.2 Å². The molecule has 5 nitrogen and oxygen atoms in total. The number of likely N-dealkylation sites (tertiary alicyclic amines) is 1. The Labute approximate surface area is 127 Å². The van der Waals surface area contributed by atoms with Gasteiger partial charge in [-0.1, -0.05) is 12.1 Å². The van der Waals surface area contributed by atoms with E-state index in [-0.39, 0.29) is 0 Å². The normalized spacial score (nSPS) is 20.0. The molecule has 1 unspecified atom stereocenters. The predicted octanol–water partition coefficient (Wildman–Crippen LogP) is 0.679. The van der Waals surface area contributed by atoms with Crippen LogP contribution in [0.4, 0.5) is 0 Å². The van der Waals surface area contributed by atoms with Crippen LogP contribution in [-0.2, 0) is 16.4 Å². The molecule has 0 aromatic heterocycles. The Kier molecular flexibility index (Phi) is 5.75. The van der Waals surface area contributed by atoms with E-state index in [0.717, 1.165) is 38.0 Å². The Bertz CT molecular complexity index is 543. The fourth-order valence-corrected chi connectivity index (χ4v) is 3.72. The third-order valence-corrected chi connectivity index (χ3v) is 5.39. The number of nitrogens with zero attached hydrogens (tertiary/aromatic N) is 1. The molecule has 1 aliphatic rings. The molecule has 1 aliphatic heterocycles. The molecule has 1 atom stereocenters. The smallest absolute Gasteiger partial charge is 0.240 e. The average molecular weight is 311 g/mol. The van der Waals surface area contributed by atoms with E-state index in [1.165, 1.54) is 0 Å². The van der Waals surface area contributed by atoms with Crippen molar-refractivity contribution in [3.8, 4) is 0 Å². The number of likely N-dealkylation sites (N-methyl/N-ethyl adjacent to an activating group) is 1. The SMILES string of the molecule is CNCCc1ccc(S(=O)(=O)NCC2CCN(C)C2)cc1. The quantitative estimate of drug-likeness (QED) is 0.777. The van der Waals surface area contributed by atoms with E-state index in [2.05, 4.69) is 22.0 Å². The van der Waals surface area contributed by atoms with E-state index in [1.807, 2.05) is 19.2 Å². The first kappa shape index (κ1) is 16.4. The van der Waals surface area contributed by atoms with Gasteiger partial charge in [0.2, 0.25) is 10.0 Å². The number of hydrogen-bond acceptors (Lipinski definition) is 4. The lowest BCUT2D eigenvalue weighted by atomic mass is 10.1. The zero-order chi connectivity index (χ0) is 15.3. The monoisotopic (exact) mass is 311 g/mol. The van der Waals surface area contributed by atoms with Crippen molar-refractivity contribution in [1.29, 1.82) is 0 Å². The van der Waals surface area contributed by atoms with Crippen LogP contribution >= 0.6 is 0 Å². The first-order chi connectivity index (χ1) is 10.0. The molecule has 2 N–H and O–H groups in total. The van der Waals surface area contributed by atoms with Crippen LogP contribution in [0.15, 0.2) is 29.2 Å². The maximum atomic E-state index is 12.3. The molecule has 6 heteroatoms. The zero-order valence-electron chi connectivity index (χ0n) is 12.8. The van der Waals surface area contributed by atoms with Gasteiger partial charge in [0.1, 0.15) is 0 Å². The highest BCUT2D eigenvalue weighted by Gasteiger charge is 2.22. The van der Waals surface area contributed by atoms with Crippen molar-refractivity contribution in [2.45, 2.75) is 17.7 Å². The van der Waals surface area contributed by atoms with Gasteiger partial charge in [-0.2, -0.15) is 0 Å². The summed E-state index contributed by atoms with van der Waals surface area (Å²) in [5.74, 6) is 0.416. The van der Waals surface area contributed by atoms with Crippen molar-refractivity contribution < 1.29 is 8.42 Å². The molecule has 0 radical (unpaired) electrons. The van der Waals surface area contributed by atoms with Gasteiger partial charge in [-0.15, -0.1) is 0 Å². The maximum Gasteiger partial charge on any atom is 0.240 e. The fourth-order valence-electron chi connectivity index (χ4n) is 2.61. The van der Waals surface area contributed by atoms with E-state index in [1.54, 1.807) is 12.1 Å². The van der Waals surface area contributed by atoms with Crippen LogP contribution in [0.1, 0.15) is 12.0 Å². The van der Waals surface area contributed by atoms with Gasteiger partial charge in [-0.3, -0.25) is 0 Å². The Hall–Kier alpha value is -0.950. The van der Waals surface area contributed by atoms with Crippen molar-refractivity contribution in [3.63, 3.8) is 0 Å². The van der Waals surface area contributed by atoms with Gasteiger partial charge in [0, 0.05) is 13.1 Å². The highest BCUT2D eigenvalue weighted by atomic mass is 32.2. The summed E-state index contributed by atoms with van der Waals surface area (Å²) in [7, 11) is 0.587. The van der Waals surface area contributed by atoms with Crippen LogP contribution in [0.5, 0.6) is 0 Å². The minimum atomic E-state index is -3.39. The van der Waals surface area contributed by atoms with E-state index >= 15 is 0 Å². The molecule has 0 saturated carbocycles. The first-order valence-electron chi connectivity index (χ1n) is 7.43. The standard InChI is InChI=1S/C15H25N3O2S/c1-16-9-7-13-3-5-15(6-4-13)21(19,20)17-11-14-8-10-18(2)12-14/h3-6,14,16-17H,7-12H2,1-2H3. The highest BCUT2D eigenvalue weighted by Crippen LogP contribution is 2.15. The zero-order valence-corrected chi connectivity index (χ0v) is 13.6. The molecule has 21 heavy (non-hydrogen) atoms. The number of nitrogens with one attached hydrogen (secondary N) is 2. The summed E-state index contributed by atoms with van der Waals surface area (Å²) in [6.45, 7) is 3.42. The molecule has 0 bridgehead atoms. The van der Waals surface area contributed by atoms with Gasteiger partial charge in [-0.25, -0.2) is 13.1 Å². The van der Waals surface area contributed by atoms with Crippen LogP contribution in [0.3, 0.4) is 0 Å². The number of sulfonamides is 1. The van der Waals surface area contributed by atoms with Crippen molar-refractivity contribution in [3.05, 3.63) is 29.8 Å². The topological polar surface area (TPSA) is 61.4 Å². The van der Waals surface area contributed by atoms with Gasteiger partial charge in [0.25, 0.3) is 0 Å². The Morgan fingerprint density at radius 3 is 2.57 bits per heavy atom. The lowest BCUT2D eigenvalue weighted by molar-refractivity contribution is 0.394. The second-order valence-corrected chi connectivity index (χ2v) is 7.53. The van der Waals surface area contributed by atoms with E-state index in [9.17, 15) is 8.42 Å². The van der Waals surface area contributed by atoms with Crippen LogP contribution in [0.2, 0.25) is 0 Å². The Morgan fingerprint density at radius 2 is 2.00 bits per heavy atom. The summed E-state index contributed by atoms with van der Waals surface area (Å²) in [4.78, 5) is 2.58. The van der Waals surface area contributed by atoms with Crippen LogP contribution < -0.4 is 10.0 Å². The molecule has 118 valence electrons. The largest absolute Gasteiger partial charge is 0.319 e. The minimum absolute atomic E-state index is 0.349. The lowest BCUT2D eigenvalue weighted by Gasteiger charge is -2.12. The van der Waals surface area contributed by atoms with Crippen LogP contribution in [-0.4, -0.2) is 53.6 Å². The summed E-state index contributed by atoms with van der Waals surface area (Å²) < 4.78 is 27.3. The molecule has 1 aromatic carbocycles. The Balaban J connectivity index is 1.92. The second kappa shape index (κ2) is 7.35. The third kappa shape index (κ3) is 4.78. The fraction of sp³-hybridized carbons (Fsp3) is 0.600. The molecule has 1 heterocycles. The molecule has 2 rings (SSSR count). The molecule has 1 fully saturated rings. The highest BCUT2D eigenvalue weighted by molar-refractivity contribution is 7.89. The van der Waals surface area contributed by atoms with E-state index in [4.69, 9.17) is 0 Å². The van der Waals surface area contributed by atoms with Crippen molar-refractivity contribution >= 4 is 10.0 Å². The van der Waals surface area contributed by atoms with E-state index in [0.29, 0.717) is 17.4 Å². The van der Waals surface area contributed by atoms with Crippen LogP contribution in [0, 0.1) is 5.92 Å². The van der Waals surface area contributed by atoms with Gasteiger partial charge in [0.05, 0.1) is 4.90 Å². The molecule has 0 aliphatic carbocycles. The predicted molar refractivity (Wildman–Crippen MR) is 84.9 cm³/mol. The molecule has 1 saturated heterocycles. The van der Waals surface area contributed by atoms with E-state index < -0.39 is 10.0 Å². The van der Waals surface area contributed by atoms with Crippen molar-refractivity contribution in [2.75, 3.05) is 40.3 Å². The summed E-state index contributed by atoms with van der Waals surface area (Å²) in [5, 5.41) is 3.08. The molecule has 0 amide bonds. The lowest BCUT2D eigenvalue weighted by Crippen LogP contribution is -2.30. The summed E-state index contributed by atoms with van der Waals surface area (Å²) in [6, 6.07) is 7.15. The van der Waals surface area contributed by atoms with Gasteiger partial charge in [0.15, 0.2) is 0 Å². The number of benzene rings is 1. The van der Waals surface area contributed by atoms with Gasteiger partial charge >= 0.3 is 0 Å². The molecular weight excluding hydrogens is 286 g/mol. The summed E-state index contributed by atoms with van der Waals surface area (Å²) in [5.41, 5.74) is 1.14. The number of hydrogen-bond donors (Lipinski definition) is 2. The summed E-state index contributed by atoms with van der Waals surface area (Å²) >= 11 is 0. The number of rotatable bonds is 7. The third-order valence-electron chi connectivity index (χ3n) is 3.95. The molecular formula is C15H25N3O2S. The van der Waals surface area contributed by atoms with Crippen molar-refractivity contribution in [1.82, 2.24) is 14.9 Å². The summed E-state index contributed by atoms with van der Waals surface area (Å²) in [6.07, 6.45) is 1.96. The first-order valence-corrected chi connectivity index (χ1v) is 8.91. The van der Waals surface area contributed by atoms with Gasteiger partial charge in [-0.05, 0) is 63.6 Å². The second-order valence-electron chi connectivity index (χ2n) is 5.77. The maximum absolute atomic E-state index is 12.3. The minimum Gasteiger partial charge on any atom is -0.319 e. The molecule has 1 aromatic rings. The molecule has 0 spiro atoms. The van der Waals surface area contributed by atoms with Crippen LogP contribution in [0.25, 0.3) is 0 Å².